The number of anilines is 2. The molecule has 0 spiro atoms. The number of hydrogen-bond acceptors (Lipinski definition) is 3. The average molecular weight is 281 g/mol. The van der Waals surface area contributed by atoms with Crippen LogP contribution in [0.3, 0.4) is 0 Å². The fourth-order valence-electron chi connectivity index (χ4n) is 2.88. The van der Waals surface area contributed by atoms with Crippen molar-refractivity contribution in [1.82, 2.24) is 4.98 Å². The maximum Gasteiger partial charge on any atom is 0.0657 e. The van der Waals surface area contributed by atoms with E-state index in [1.165, 1.54) is 38.0 Å². The highest BCUT2D eigenvalue weighted by atomic mass is 15.1. The van der Waals surface area contributed by atoms with Crippen LogP contribution in [0.1, 0.15) is 37.9 Å². The lowest BCUT2D eigenvalue weighted by molar-refractivity contribution is 0.578. The van der Waals surface area contributed by atoms with Crippen LogP contribution >= 0.6 is 0 Å². The van der Waals surface area contributed by atoms with Gasteiger partial charge in [0, 0.05) is 30.7 Å². The quantitative estimate of drug-likeness (QED) is 0.908. The molecule has 1 aliphatic rings. The monoisotopic (exact) mass is 281 g/mol. The van der Waals surface area contributed by atoms with Gasteiger partial charge in [0.25, 0.3) is 0 Å². The molecular formula is C18H23N3. The van der Waals surface area contributed by atoms with Crippen molar-refractivity contribution >= 4 is 11.4 Å². The highest BCUT2D eigenvalue weighted by molar-refractivity contribution is 5.55. The molecule has 1 aromatic carbocycles. The van der Waals surface area contributed by atoms with Crippen LogP contribution in [0.5, 0.6) is 0 Å². The minimum absolute atomic E-state index is 0.215. The average Bonchev–Trinajstić information content (AvgIpc) is 2.57. The van der Waals surface area contributed by atoms with Gasteiger partial charge < -0.3 is 10.2 Å². The summed E-state index contributed by atoms with van der Waals surface area (Å²) in [6.45, 7) is 4.52. The van der Waals surface area contributed by atoms with Crippen molar-refractivity contribution < 1.29 is 0 Å². The van der Waals surface area contributed by atoms with E-state index in [2.05, 4.69) is 52.5 Å². The number of pyridine rings is 1. The van der Waals surface area contributed by atoms with Gasteiger partial charge in [0.05, 0.1) is 11.7 Å². The molecule has 3 rings (SSSR count). The second-order valence-electron chi connectivity index (χ2n) is 5.72. The van der Waals surface area contributed by atoms with E-state index in [-0.39, 0.29) is 6.04 Å². The molecule has 1 fully saturated rings. The van der Waals surface area contributed by atoms with Crippen molar-refractivity contribution in [2.75, 3.05) is 23.3 Å². The Bertz CT molecular complexity index is 544. The minimum Gasteiger partial charge on any atom is -0.377 e. The molecule has 21 heavy (non-hydrogen) atoms. The summed E-state index contributed by atoms with van der Waals surface area (Å²) in [7, 11) is 0. The van der Waals surface area contributed by atoms with E-state index in [0.29, 0.717) is 0 Å². The SMILES string of the molecule is CC(Nc1ccc(N2CCCCC2)cc1)c1ccccn1. The first kappa shape index (κ1) is 13.9. The van der Waals surface area contributed by atoms with Gasteiger partial charge in [0.1, 0.15) is 0 Å². The molecule has 2 aromatic rings. The van der Waals surface area contributed by atoms with E-state index in [1.807, 2.05) is 18.3 Å². The number of nitrogens with zero attached hydrogens (tertiary/aromatic N) is 2. The molecule has 1 atom stereocenters. The summed E-state index contributed by atoms with van der Waals surface area (Å²) in [6.07, 6.45) is 5.85. The van der Waals surface area contributed by atoms with Gasteiger partial charge in [0.2, 0.25) is 0 Å². The van der Waals surface area contributed by atoms with E-state index < -0.39 is 0 Å². The second-order valence-corrected chi connectivity index (χ2v) is 5.72. The lowest BCUT2D eigenvalue weighted by Gasteiger charge is -2.29. The fraction of sp³-hybridized carbons (Fsp3) is 0.389. The maximum absolute atomic E-state index is 4.40. The van der Waals surface area contributed by atoms with Crippen molar-refractivity contribution in [2.24, 2.45) is 0 Å². The van der Waals surface area contributed by atoms with E-state index >= 15 is 0 Å². The van der Waals surface area contributed by atoms with Gasteiger partial charge in [-0.15, -0.1) is 0 Å². The molecule has 1 aliphatic heterocycles. The van der Waals surface area contributed by atoms with Crippen LogP contribution in [-0.4, -0.2) is 18.1 Å². The zero-order valence-corrected chi connectivity index (χ0v) is 12.6. The Balaban J connectivity index is 1.64. The van der Waals surface area contributed by atoms with Crippen LogP contribution in [-0.2, 0) is 0 Å². The van der Waals surface area contributed by atoms with Gasteiger partial charge >= 0.3 is 0 Å². The Kier molecular flexibility index (Phi) is 4.39. The van der Waals surface area contributed by atoms with Gasteiger partial charge in [-0.2, -0.15) is 0 Å². The molecule has 0 amide bonds. The number of hydrogen-bond donors (Lipinski definition) is 1. The first-order valence-corrected chi connectivity index (χ1v) is 7.85. The van der Waals surface area contributed by atoms with Crippen LogP contribution in [0, 0.1) is 0 Å². The zero-order valence-electron chi connectivity index (χ0n) is 12.6. The first-order chi connectivity index (χ1) is 10.3. The minimum atomic E-state index is 0.215. The Morgan fingerprint density at radius 2 is 1.76 bits per heavy atom. The standard InChI is InChI=1S/C18H23N3/c1-15(18-7-3-4-12-19-18)20-16-8-10-17(11-9-16)21-13-5-2-6-14-21/h3-4,7-12,15,20H,2,5-6,13-14H2,1H3. The third kappa shape index (κ3) is 3.54. The van der Waals surface area contributed by atoms with Crippen molar-refractivity contribution in [3.05, 3.63) is 54.4 Å². The van der Waals surface area contributed by atoms with Gasteiger partial charge in [-0.05, 0) is 62.6 Å². The van der Waals surface area contributed by atoms with Crippen LogP contribution in [0.4, 0.5) is 11.4 Å². The van der Waals surface area contributed by atoms with Crippen molar-refractivity contribution in [3.8, 4) is 0 Å². The van der Waals surface area contributed by atoms with Gasteiger partial charge in [-0.3, -0.25) is 4.98 Å². The lowest BCUT2D eigenvalue weighted by Crippen LogP contribution is -2.29. The maximum atomic E-state index is 4.40. The molecule has 0 bridgehead atoms. The van der Waals surface area contributed by atoms with E-state index in [1.54, 1.807) is 0 Å². The highest BCUT2D eigenvalue weighted by Gasteiger charge is 2.11. The lowest BCUT2D eigenvalue weighted by atomic mass is 10.1. The molecule has 1 aromatic heterocycles. The number of benzene rings is 1. The molecule has 3 nitrogen and oxygen atoms in total. The smallest absolute Gasteiger partial charge is 0.0657 e. The molecule has 0 radical (unpaired) electrons. The Hall–Kier alpha value is -2.03. The predicted molar refractivity (Wildman–Crippen MR) is 88.8 cm³/mol. The topological polar surface area (TPSA) is 28.2 Å². The first-order valence-electron chi connectivity index (χ1n) is 7.85. The number of rotatable bonds is 4. The normalized spacial score (nSPS) is 16.5. The number of aromatic nitrogens is 1. The summed E-state index contributed by atoms with van der Waals surface area (Å²) < 4.78 is 0. The van der Waals surface area contributed by atoms with Crippen molar-refractivity contribution in [1.29, 1.82) is 0 Å². The van der Waals surface area contributed by atoms with Crippen LogP contribution in [0.2, 0.25) is 0 Å². The summed E-state index contributed by atoms with van der Waals surface area (Å²) in [6, 6.07) is 15.0. The molecule has 1 N–H and O–H groups in total. The summed E-state index contributed by atoms with van der Waals surface area (Å²) in [5, 5.41) is 3.51. The fourth-order valence-corrected chi connectivity index (χ4v) is 2.88. The largest absolute Gasteiger partial charge is 0.377 e. The van der Waals surface area contributed by atoms with Crippen molar-refractivity contribution in [3.63, 3.8) is 0 Å². The van der Waals surface area contributed by atoms with Gasteiger partial charge in [-0.25, -0.2) is 0 Å². The summed E-state index contributed by atoms with van der Waals surface area (Å²) in [4.78, 5) is 6.88. The third-order valence-electron chi connectivity index (χ3n) is 4.10. The highest BCUT2D eigenvalue weighted by Crippen LogP contribution is 2.23. The Morgan fingerprint density at radius 3 is 2.43 bits per heavy atom. The van der Waals surface area contributed by atoms with Gasteiger partial charge in [-0.1, -0.05) is 6.07 Å². The van der Waals surface area contributed by atoms with E-state index in [9.17, 15) is 0 Å². The molecular weight excluding hydrogens is 258 g/mol. The molecule has 3 heteroatoms. The molecule has 1 saturated heterocycles. The molecule has 2 heterocycles. The van der Waals surface area contributed by atoms with Crippen LogP contribution in [0.25, 0.3) is 0 Å². The molecule has 1 unspecified atom stereocenters. The summed E-state index contributed by atoms with van der Waals surface area (Å²) in [5.74, 6) is 0. The molecule has 110 valence electrons. The van der Waals surface area contributed by atoms with E-state index in [0.717, 1.165) is 11.4 Å². The van der Waals surface area contributed by atoms with E-state index in [4.69, 9.17) is 0 Å². The Morgan fingerprint density at radius 1 is 1.00 bits per heavy atom. The zero-order chi connectivity index (χ0) is 14.5. The Labute approximate surface area is 127 Å². The summed E-state index contributed by atoms with van der Waals surface area (Å²) in [5.41, 5.74) is 3.55. The third-order valence-corrected chi connectivity index (χ3v) is 4.10. The van der Waals surface area contributed by atoms with Crippen LogP contribution in [0.15, 0.2) is 48.7 Å². The van der Waals surface area contributed by atoms with Crippen LogP contribution < -0.4 is 10.2 Å². The van der Waals surface area contributed by atoms with Crippen molar-refractivity contribution in [2.45, 2.75) is 32.2 Å². The number of nitrogens with one attached hydrogen (secondary N) is 1. The second kappa shape index (κ2) is 6.61. The molecule has 0 aliphatic carbocycles. The predicted octanol–water partition coefficient (Wildman–Crippen LogP) is 4.25. The molecule has 0 saturated carbocycles. The summed E-state index contributed by atoms with van der Waals surface area (Å²) >= 11 is 0. The van der Waals surface area contributed by atoms with Gasteiger partial charge in [0.15, 0.2) is 0 Å². The number of piperidine rings is 1.